The third-order valence-corrected chi connectivity index (χ3v) is 5.70. The number of morpholine rings is 1. The van der Waals surface area contributed by atoms with Gasteiger partial charge in [-0.3, -0.25) is 4.79 Å². The van der Waals surface area contributed by atoms with Crippen LogP contribution in [0.15, 0.2) is 11.6 Å². The van der Waals surface area contributed by atoms with Crippen LogP contribution in [-0.2, 0) is 9.53 Å². The molecule has 0 spiro atoms. The van der Waals surface area contributed by atoms with E-state index in [1.165, 1.54) is 12.8 Å². The van der Waals surface area contributed by atoms with Crippen LogP contribution in [0.3, 0.4) is 0 Å². The average Bonchev–Trinajstić information content (AvgIpc) is 3.10. The molecule has 2 aliphatic rings. The second kappa shape index (κ2) is 7.53. The SMILES string of the molecule is CC(CC(=O)N1CCOC(c2nccs2)C1)C1CCNCC1. The molecule has 0 saturated carbocycles. The molecule has 2 saturated heterocycles. The van der Waals surface area contributed by atoms with E-state index in [4.69, 9.17) is 4.74 Å². The molecule has 0 aromatic carbocycles. The maximum atomic E-state index is 12.6. The van der Waals surface area contributed by atoms with Gasteiger partial charge in [0.1, 0.15) is 11.1 Å². The molecule has 1 amide bonds. The fourth-order valence-electron chi connectivity index (χ4n) is 3.40. The van der Waals surface area contributed by atoms with E-state index in [2.05, 4.69) is 17.2 Å². The van der Waals surface area contributed by atoms with Gasteiger partial charge in [-0.05, 0) is 37.8 Å². The molecule has 122 valence electrons. The van der Waals surface area contributed by atoms with Crippen LogP contribution in [0.1, 0.15) is 37.3 Å². The van der Waals surface area contributed by atoms with Gasteiger partial charge >= 0.3 is 0 Å². The van der Waals surface area contributed by atoms with Gasteiger partial charge < -0.3 is 15.0 Å². The molecule has 2 aliphatic heterocycles. The van der Waals surface area contributed by atoms with Crippen molar-refractivity contribution < 1.29 is 9.53 Å². The summed E-state index contributed by atoms with van der Waals surface area (Å²) in [5, 5.41) is 6.32. The first-order chi connectivity index (χ1) is 10.7. The lowest BCUT2D eigenvalue weighted by Crippen LogP contribution is -2.43. The summed E-state index contributed by atoms with van der Waals surface area (Å²) >= 11 is 1.60. The number of nitrogens with zero attached hydrogens (tertiary/aromatic N) is 2. The number of piperidine rings is 1. The second-order valence-electron chi connectivity index (χ2n) is 6.34. The fraction of sp³-hybridized carbons (Fsp3) is 0.750. The van der Waals surface area contributed by atoms with Crippen molar-refractivity contribution in [3.63, 3.8) is 0 Å². The number of nitrogens with one attached hydrogen (secondary N) is 1. The van der Waals surface area contributed by atoms with Crippen molar-refractivity contribution in [3.8, 4) is 0 Å². The fourth-order valence-corrected chi connectivity index (χ4v) is 4.08. The molecule has 5 nitrogen and oxygen atoms in total. The molecule has 3 rings (SSSR count). The molecule has 1 aromatic heterocycles. The van der Waals surface area contributed by atoms with Crippen LogP contribution < -0.4 is 5.32 Å². The lowest BCUT2D eigenvalue weighted by atomic mass is 9.84. The minimum atomic E-state index is -0.0492. The molecule has 22 heavy (non-hydrogen) atoms. The van der Waals surface area contributed by atoms with Gasteiger partial charge in [0.2, 0.25) is 5.91 Å². The quantitative estimate of drug-likeness (QED) is 0.921. The Kier molecular flexibility index (Phi) is 5.44. The summed E-state index contributed by atoms with van der Waals surface area (Å²) in [5.74, 6) is 1.42. The van der Waals surface area contributed by atoms with Crippen molar-refractivity contribution >= 4 is 17.2 Å². The van der Waals surface area contributed by atoms with Crippen LogP contribution in [0.2, 0.25) is 0 Å². The number of thiazole rings is 1. The number of ether oxygens (including phenoxy) is 1. The van der Waals surface area contributed by atoms with Crippen LogP contribution in [-0.4, -0.2) is 48.6 Å². The normalized spacial score (nSPS) is 25.1. The third-order valence-electron chi connectivity index (χ3n) is 4.83. The van der Waals surface area contributed by atoms with Crippen LogP contribution >= 0.6 is 11.3 Å². The molecule has 0 radical (unpaired) electrons. The summed E-state index contributed by atoms with van der Waals surface area (Å²) in [7, 11) is 0. The van der Waals surface area contributed by atoms with Crippen molar-refractivity contribution in [3.05, 3.63) is 16.6 Å². The Labute approximate surface area is 136 Å². The summed E-state index contributed by atoms with van der Waals surface area (Å²) in [6, 6.07) is 0. The first kappa shape index (κ1) is 15.9. The predicted molar refractivity (Wildman–Crippen MR) is 86.8 cm³/mol. The highest BCUT2D eigenvalue weighted by Gasteiger charge is 2.29. The van der Waals surface area contributed by atoms with Crippen molar-refractivity contribution in [2.45, 2.75) is 32.3 Å². The van der Waals surface area contributed by atoms with Gasteiger partial charge in [0, 0.05) is 24.5 Å². The minimum absolute atomic E-state index is 0.0492. The minimum Gasteiger partial charge on any atom is -0.367 e. The van der Waals surface area contributed by atoms with Crippen LogP contribution in [0.5, 0.6) is 0 Å². The maximum Gasteiger partial charge on any atom is 0.223 e. The largest absolute Gasteiger partial charge is 0.367 e. The predicted octanol–water partition coefficient (Wildman–Crippen LogP) is 2.07. The Morgan fingerprint density at radius 1 is 1.55 bits per heavy atom. The molecule has 1 aromatic rings. The zero-order valence-electron chi connectivity index (χ0n) is 13.2. The van der Waals surface area contributed by atoms with Gasteiger partial charge in [-0.1, -0.05) is 6.92 Å². The summed E-state index contributed by atoms with van der Waals surface area (Å²) in [4.78, 5) is 18.9. The van der Waals surface area contributed by atoms with E-state index >= 15 is 0 Å². The molecular formula is C16H25N3O2S. The molecule has 6 heteroatoms. The summed E-state index contributed by atoms with van der Waals surface area (Å²) in [5.41, 5.74) is 0. The van der Waals surface area contributed by atoms with Gasteiger partial charge in [-0.25, -0.2) is 4.98 Å². The smallest absolute Gasteiger partial charge is 0.223 e. The topological polar surface area (TPSA) is 54.5 Å². The number of amides is 1. The van der Waals surface area contributed by atoms with E-state index in [1.54, 1.807) is 17.5 Å². The van der Waals surface area contributed by atoms with Crippen molar-refractivity contribution in [1.29, 1.82) is 0 Å². The van der Waals surface area contributed by atoms with E-state index in [0.717, 1.165) is 18.1 Å². The third kappa shape index (κ3) is 3.86. The number of carbonyl (C=O) groups excluding carboxylic acids is 1. The Morgan fingerprint density at radius 2 is 2.36 bits per heavy atom. The number of rotatable bonds is 4. The number of hydrogen-bond donors (Lipinski definition) is 1. The summed E-state index contributed by atoms with van der Waals surface area (Å²) in [6.07, 6.45) is 4.80. The van der Waals surface area contributed by atoms with Crippen molar-refractivity contribution in [1.82, 2.24) is 15.2 Å². The van der Waals surface area contributed by atoms with Crippen LogP contribution in [0.25, 0.3) is 0 Å². The monoisotopic (exact) mass is 323 g/mol. The Morgan fingerprint density at radius 3 is 3.09 bits per heavy atom. The maximum absolute atomic E-state index is 12.6. The number of aromatic nitrogens is 1. The van der Waals surface area contributed by atoms with Gasteiger partial charge in [0.15, 0.2) is 0 Å². The molecule has 1 N–H and O–H groups in total. The van der Waals surface area contributed by atoms with Crippen molar-refractivity contribution in [2.75, 3.05) is 32.8 Å². The molecule has 0 aliphatic carbocycles. The highest BCUT2D eigenvalue weighted by atomic mass is 32.1. The highest BCUT2D eigenvalue weighted by molar-refractivity contribution is 7.09. The van der Waals surface area contributed by atoms with Crippen LogP contribution in [0.4, 0.5) is 0 Å². The van der Waals surface area contributed by atoms with E-state index in [-0.39, 0.29) is 12.0 Å². The summed E-state index contributed by atoms with van der Waals surface area (Å²) in [6.45, 7) is 6.37. The Balaban J connectivity index is 1.52. The molecule has 2 fully saturated rings. The van der Waals surface area contributed by atoms with E-state index in [0.29, 0.717) is 38.0 Å². The van der Waals surface area contributed by atoms with Gasteiger partial charge in [0.25, 0.3) is 0 Å². The zero-order chi connectivity index (χ0) is 15.4. The molecule has 3 heterocycles. The lowest BCUT2D eigenvalue weighted by Gasteiger charge is -2.34. The van der Waals surface area contributed by atoms with Crippen molar-refractivity contribution in [2.24, 2.45) is 11.8 Å². The van der Waals surface area contributed by atoms with E-state index in [9.17, 15) is 4.79 Å². The molecular weight excluding hydrogens is 298 g/mol. The number of carbonyl (C=O) groups is 1. The first-order valence-electron chi connectivity index (χ1n) is 8.23. The van der Waals surface area contributed by atoms with Gasteiger partial charge in [0.05, 0.1) is 13.2 Å². The molecule has 0 bridgehead atoms. The first-order valence-corrected chi connectivity index (χ1v) is 9.11. The average molecular weight is 323 g/mol. The molecule has 2 unspecified atom stereocenters. The summed E-state index contributed by atoms with van der Waals surface area (Å²) < 4.78 is 5.77. The van der Waals surface area contributed by atoms with E-state index in [1.807, 2.05) is 10.3 Å². The second-order valence-corrected chi connectivity index (χ2v) is 7.26. The Bertz CT molecular complexity index is 474. The van der Waals surface area contributed by atoms with Crippen LogP contribution in [0, 0.1) is 11.8 Å². The van der Waals surface area contributed by atoms with Gasteiger partial charge in [-0.15, -0.1) is 11.3 Å². The zero-order valence-corrected chi connectivity index (χ0v) is 14.0. The number of hydrogen-bond acceptors (Lipinski definition) is 5. The van der Waals surface area contributed by atoms with Gasteiger partial charge in [-0.2, -0.15) is 0 Å². The standard InChI is InChI=1S/C16H25N3O2S/c1-12(13-2-4-17-5-3-13)10-15(20)19-7-8-21-14(11-19)16-18-6-9-22-16/h6,9,12-14,17H,2-5,7-8,10-11H2,1H3. The molecule has 2 atom stereocenters. The Hall–Kier alpha value is -0.980. The van der Waals surface area contributed by atoms with E-state index < -0.39 is 0 Å². The highest BCUT2D eigenvalue weighted by Crippen LogP contribution is 2.27. The lowest BCUT2D eigenvalue weighted by molar-refractivity contribution is -0.140.